The van der Waals surface area contributed by atoms with Gasteiger partial charge in [0.15, 0.2) is 0 Å². The van der Waals surface area contributed by atoms with Crippen molar-refractivity contribution in [1.29, 1.82) is 0 Å². The lowest BCUT2D eigenvalue weighted by Gasteiger charge is -2.51. The number of likely N-dealkylation sites (tertiary alicyclic amines) is 1. The number of para-hydroxylation sites is 1. The van der Waals surface area contributed by atoms with Gasteiger partial charge in [-0.25, -0.2) is 0 Å². The second kappa shape index (κ2) is 6.96. The van der Waals surface area contributed by atoms with Gasteiger partial charge in [0, 0.05) is 31.2 Å². The number of amides is 1. The van der Waals surface area contributed by atoms with Crippen molar-refractivity contribution in [2.75, 3.05) is 40.5 Å². The Hall–Kier alpha value is -1.59. The number of nitrogens with zero attached hydrogens (tertiary/aromatic N) is 2. The second-order valence-corrected chi connectivity index (χ2v) is 7.49. The number of fused-ring (bicyclic) bond motifs is 2. The van der Waals surface area contributed by atoms with Gasteiger partial charge in [-0.2, -0.15) is 0 Å². The van der Waals surface area contributed by atoms with E-state index in [4.69, 9.17) is 9.47 Å². The van der Waals surface area contributed by atoms with E-state index in [1.165, 1.54) is 18.4 Å². The number of hydrogen-bond acceptors (Lipinski definition) is 4. The van der Waals surface area contributed by atoms with Gasteiger partial charge in [0.2, 0.25) is 5.91 Å². The molecule has 4 fully saturated rings. The molecule has 0 saturated carbocycles. The summed E-state index contributed by atoms with van der Waals surface area (Å²) in [6.07, 6.45) is 2.91. The summed E-state index contributed by atoms with van der Waals surface area (Å²) < 4.78 is 10.8. The minimum absolute atomic E-state index is 0.239. The molecule has 5 nitrogen and oxygen atoms in total. The van der Waals surface area contributed by atoms with E-state index in [-0.39, 0.29) is 5.91 Å². The first-order valence-electron chi connectivity index (χ1n) is 9.40. The Kier molecular flexibility index (Phi) is 4.69. The number of piperidine rings is 3. The van der Waals surface area contributed by atoms with Crippen molar-refractivity contribution in [3.63, 3.8) is 0 Å². The van der Waals surface area contributed by atoms with Crippen LogP contribution in [0.25, 0.3) is 0 Å². The summed E-state index contributed by atoms with van der Waals surface area (Å²) in [5, 5.41) is 0. The highest BCUT2D eigenvalue weighted by Crippen LogP contribution is 2.48. The molecule has 4 heterocycles. The van der Waals surface area contributed by atoms with Crippen LogP contribution in [0.15, 0.2) is 24.3 Å². The van der Waals surface area contributed by atoms with E-state index in [1.807, 2.05) is 12.1 Å². The third-order valence-electron chi connectivity index (χ3n) is 6.37. The smallest absolute Gasteiger partial charge is 0.225 e. The summed E-state index contributed by atoms with van der Waals surface area (Å²) in [4.78, 5) is 17.6. The predicted octanol–water partition coefficient (Wildman–Crippen LogP) is 2.12. The van der Waals surface area contributed by atoms with E-state index in [1.54, 1.807) is 14.2 Å². The Morgan fingerprint density at radius 1 is 1.16 bits per heavy atom. The van der Waals surface area contributed by atoms with E-state index in [2.05, 4.69) is 21.9 Å². The Morgan fingerprint density at radius 2 is 1.92 bits per heavy atom. The molecule has 0 N–H and O–H groups in total. The van der Waals surface area contributed by atoms with E-state index in [9.17, 15) is 4.79 Å². The molecule has 0 unspecified atom stereocenters. The largest absolute Gasteiger partial charge is 0.496 e. The van der Waals surface area contributed by atoms with E-state index >= 15 is 0 Å². The molecule has 1 aromatic rings. The van der Waals surface area contributed by atoms with Crippen molar-refractivity contribution in [1.82, 2.24) is 9.80 Å². The van der Waals surface area contributed by atoms with E-state index < -0.39 is 0 Å². The molecule has 5 heteroatoms. The predicted molar refractivity (Wildman–Crippen MR) is 95.8 cm³/mol. The number of hydrogen-bond donors (Lipinski definition) is 0. The van der Waals surface area contributed by atoms with Crippen molar-refractivity contribution >= 4 is 5.91 Å². The molecule has 0 radical (unpaired) electrons. The maximum absolute atomic E-state index is 12.9. The molecule has 136 valence electrons. The Bertz CT molecular complexity index is 627. The molecule has 0 spiro atoms. The first kappa shape index (κ1) is 16.9. The molecule has 2 bridgehead atoms. The second-order valence-electron chi connectivity index (χ2n) is 7.49. The molecule has 3 atom stereocenters. The third-order valence-corrected chi connectivity index (χ3v) is 6.37. The zero-order valence-electron chi connectivity index (χ0n) is 15.2. The summed E-state index contributed by atoms with van der Waals surface area (Å²) in [6, 6.07) is 9.09. The maximum Gasteiger partial charge on any atom is 0.225 e. The summed E-state index contributed by atoms with van der Waals surface area (Å²) in [7, 11) is 3.39. The molecule has 25 heavy (non-hydrogen) atoms. The summed E-state index contributed by atoms with van der Waals surface area (Å²) in [5.41, 5.74) is 1.24. The lowest BCUT2D eigenvalue weighted by atomic mass is 9.75. The van der Waals surface area contributed by atoms with Crippen molar-refractivity contribution in [3.8, 4) is 5.75 Å². The molecule has 0 aliphatic carbocycles. The highest BCUT2D eigenvalue weighted by Gasteiger charge is 2.54. The monoisotopic (exact) mass is 344 g/mol. The van der Waals surface area contributed by atoms with Crippen LogP contribution in [-0.2, 0) is 9.53 Å². The fourth-order valence-electron chi connectivity index (χ4n) is 5.28. The number of benzene rings is 1. The zero-order chi connectivity index (χ0) is 17.4. The number of methoxy groups -OCH3 is 2. The third kappa shape index (κ3) is 2.83. The Labute approximate surface area is 149 Å². The lowest BCUT2D eigenvalue weighted by molar-refractivity contribution is -0.136. The highest BCUT2D eigenvalue weighted by molar-refractivity contribution is 5.77. The topological polar surface area (TPSA) is 42.0 Å². The van der Waals surface area contributed by atoms with Crippen LogP contribution in [0.1, 0.15) is 30.7 Å². The fraction of sp³-hybridized carbons (Fsp3) is 0.650. The van der Waals surface area contributed by atoms with Crippen LogP contribution in [0, 0.1) is 5.92 Å². The average molecular weight is 344 g/mol. The van der Waals surface area contributed by atoms with E-state index in [0.717, 1.165) is 25.4 Å². The van der Waals surface area contributed by atoms with Crippen LogP contribution < -0.4 is 4.74 Å². The van der Waals surface area contributed by atoms with Crippen LogP contribution in [0.5, 0.6) is 5.75 Å². The normalized spacial score (nSPS) is 33.4. The maximum atomic E-state index is 12.9. The van der Waals surface area contributed by atoms with Gasteiger partial charge in [-0.3, -0.25) is 9.69 Å². The number of ether oxygens (including phenoxy) is 2. The molecule has 5 rings (SSSR count). The Balaban J connectivity index is 1.67. The average Bonchev–Trinajstić information content (AvgIpc) is 3.09. The summed E-state index contributed by atoms with van der Waals surface area (Å²) in [6.45, 7) is 3.63. The molecular formula is C20H28N2O3. The van der Waals surface area contributed by atoms with Crippen LogP contribution in [0.4, 0.5) is 0 Å². The van der Waals surface area contributed by atoms with Crippen LogP contribution >= 0.6 is 0 Å². The van der Waals surface area contributed by atoms with Crippen LogP contribution in [0.3, 0.4) is 0 Å². The van der Waals surface area contributed by atoms with Gasteiger partial charge < -0.3 is 14.4 Å². The van der Waals surface area contributed by atoms with Gasteiger partial charge in [-0.05, 0) is 37.9 Å². The number of rotatable bonds is 5. The van der Waals surface area contributed by atoms with Gasteiger partial charge in [0.25, 0.3) is 0 Å². The van der Waals surface area contributed by atoms with Gasteiger partial charge in [0.1, 0.15) is 5.75 Å². The molecule has 1 aromatic carbocycles. The molecular weight excluding hydrogens is 316 g/mol. The molecule has 1 amide bonds. The zero-order valence-corrected chi connectivity index (χ0v) is 15.2. The van der Waals surface area contributed by atoms with Gasteiger partial charge >= 0.3 is 0 Å². The molecule has 4 aliphatic heterocycles. The number of carbonyl (C=O) groups excluding carboxylic acids is 1. The molecule has 4 saturated heterocycles. The SMILES string of the molecule is COCCC(=O)N1C[C@@H](c2ccccc2OC)[C@@H]2[C@H]1C1CCN2CC1. The minimum Gasteiger partial charge on any atom is -0.496 e. The van der Waals surface area contributed by atoms with Crippen LogP contribution in [0.2, 0.25) is 0 Å². The first-order chi connectivity index (χ1) is 12.2. The molecule has 0 aromatic heterocycles. The van der Waals surface area contributed by atoms with Gasteiger partial charge in [-0.15, -0.1) is 0 Å². The van der Waals surface area contributed by atoms with Gasteiger partial charge in [0.05, 0.1) is 26.2 Å². The first-order valence-corrected chi connectivity index (χ1v) is 9.40. The van der Waals surface area contributed by atoms with E-state index in [0.29, 0.717) is 36.9 Å². The summed E-state index contributed by atoms with van der Waals surface area (Å²) in [5.74, 6) is 2.15. The quantitative estimate of drug-likeness (QED) is 0.821. The van der Waals surface area contributed by atoms with Crippen molar-refractivity contribution in [2.24, 2.45) is 5.92 Å². The Morgan fingerprint density at radius 3 is 2.64 bits per heavy atom. The molecule has 4 aliphatic rings. The van der Waals surface area contributed by atoms with Gasteiger partial charge in [-0.1, -0.05) is 18.2 Å². The van der Waals surface area contributed by atoms with Crippen molar-refractivity contribution in [3.05, 3.63) is 29.8 Å². The standard InChI is InChI=1S/C20H28N2O3/c1-24-12-9-18(23)22-13-16(15-5-3-4-6-17(15)25-2)20-19(22)14-7-10-21(20)11-8-14/h3-6,14,16,19-20H,7-13H2,1-2H3/t16-,19+,20+/m0/s1. The minimum atomic E-state index is 0.239. The fourth-order valence-corrected chi connectivity index (χ4v) is 5.28. The van der Waals surface area contributed by atoms with Crippen LogP contribution in [-0.4, -0.2) is 68.3 Å². The summed E-state index contributed by atoms with van der Waals surface area (Å²) >= 11 is 0. The van der Waals surface area contributed by atoms with Crippen molar-refractivity contribution < 1.29 is 14.3 Å². The lowest BCUT2D eigenvalue weighted by Crippen LogP contribution is -2.60. The highest BCUT2D eigenvalue weighted by atomic mass is 16.5. The van der Waals surface area contributed by atoms with Crippen molar-refractivity contribution in [2.45, 2.75) is 37.3 Å². The number of carbonyl (C=O) groups is 1.